The van der Waals surface area contributed by atoms with Gasteiger partial charge in [0, 0.05) is 69.9 Å². The minimum atomic E-state index is -2.10. The molecule has 3 heterocycles. The number of allylic oxidation sites excluding steroid dienone is 4. The number of Topliss-reactive ketones (excluding diaryl/α,β-unsaturated/α-hetero) is 3. The van der Waals surface area contributed by atoms with Crippen LogP contribution in [-0.2, 0) is 28.6 Å². The molecule has 9 atom stereocenters. The van der Waals surface area contributed by atoms with Crippen LogP contribution in [0, 0.1) is 36.5 Å². The third kappa shape index (κ3) is 9.24. The van der Waals surface area contributed by atoms with Crippen molar-refractivity contribution < 1.29 is 62.7 Å². The SMILES string of the molecule is CO[C@H]1/C=C/O[C@@]2(C)Oc3c(C)c(OC(=O)C4CCCCC4)c4c(c3C2=O)C(=O)C(N(C)C)=C(NC(=O)/C(C)=C\C=C\[C@H](C)[C@H](O)[C@@H](C)[C@H](O)[C@H](C)[C@H](OC(C)=O)[C@@H]1C)C4=O. The lowest BCUT2D eigenvalue weighted by Crippen LogP contribution is -2.46. The fourth-order valence-corrected chi connectivity index (χ4v) is 8.74. The highest BCUT2D eigenvalue weighted by Crippen LogP contribution is 2.49. The third-order valence-electron chi connectivity index (χ3n) is 12.5. The van der Waals surface area contributed by atoms with Crippen LogP contribution in [0.25, 0.3) is 0 Å². The highest BCUT2D eigenvalue weighted by molar-refractivity contribution is 6.32. The number of nitrogens with one attached hydrogen (secondary N) is 1. The molecular weight excluding hydrogens is 789 g/mol. The minimum Gasteiger partial charge on any atom is -0.462 e. The van der Waals surface area contributed by atoms with Gasteiger partial charge in [0.05, 0.1) is 47.2 Å². The number of esters is 2. The third-order valence-corrected chi connectivity index (χ3v) is 12.5. The standard InChI is InChI=1S/C46H60N2O13/c1-22-16-15-17-23(2)44(55)47-34-35(48(9)10)39(53)31-32(38(34)52)41(60-45(56)29-18-13-12-14-19-29)27(6)42-33(31)43(54)46(8,61-42)58-21-20-30(57-11)24(3)40(59-28(7)49)26(5)37(51)25(4)36(22)50/h15-17,20-22,24-26,29-30,36-37,40,50-51H,12-14,18-19H2,1-11H3,(H,47,55)/b16-15+,21-20+,23-17-/t22-,24+,25+,26-,30-,36-,37-,40+,46-/m0/s1. The van der Waals surface area contributed by atoms with Crippen molar-refractivity contribution in [3.63, 3.8) is 0 Å². The quantitative estimate of drug-likeness (QED) is 0.254. The Hall–Kier alpha value is -5.12. The fourth-order valence-electron chi connectivity index (χ4n) is 8.74. The van der Waals surface area contributed by atoms with Gasteiger partial charge in [-0.15, -0.1) is 0 Å². The molecule has 5 bridgehead atoms. The predicted octanol–water partition coefficient (Wildman–Crippen LogP) is 5.30. The highest BCUT2D eigenvalue weighted by atomic mass is 16.7. The van der Waals surface area contributed by atoms with E-state index in [0.717, 1.165) is 19.3 Å². The average Bonchev–Trinajstić information content (AvgIpc) is 3.48. The van der Waals surface area contributed by atoms with E-state index in [-0.39, 0.29) is 50.7 Å². The molecule has 5 aliphatic rings. The molecule has 1 amide bonds. The highest BCUT2D eigenvalue weighted by Gasteiger charge is 2.53. The largest absolute Gasteiger partial charge is 0.462 e. The summed E-state index contributed by atoms with van der Waals surface area (Å²) in [6.07, 6.45) is 7.18. The fraction of sp³-hybridized carbons (Fsp3) is 0.565. The number of methoxy groups -OCH3 is 1. The van der Waals surface area contributed by atoms with Crippen LogP contribution in [0.2, 0.25) is 0 Å². The van der Waals surface area contributed by atoms with Crippen LogP contribution in [-0.4, -0.2) is 102 Å². The second-order valence-corrected chi connectivity index (χ2v) is 17.1. The van der Waals surface area contributed by atoms with Gasteiger partial charge < -0.3 is 44.1 Å². The number of aliphatic hydroxyl groups is 2. The summed E-state index contributed by atoms with van der Waals surface area (Å²) in [4.78, 5) is 85.5. The van der Waals surface area contributed by atoms with Crippen molar-refractivity contribution in [2.24, 2.45) is 29.6 Å². The second-order valence-electron chi connectivity index (χ2n) is 17.1. The number of ether oxygens (including phenoxy) is 5. The molecule has 61 heavy (non-hydrogen) atoms. The number of fused-ring (bicyclic) bond motifs is 14. The number of carbonyl (C=O) groups is 6. The van der Waals surface area contributed by atoms with Crippen LogP contribution in [0.15, 0.2) is 47.5 Å². The average molecular weight is 849 g/mol. The molecule has 3 aliphatic heterocycles. The summed E-state index contributed by atoms with van der Waals surface area (Å²) in [7, 11) is 4.45. The predicted molar refractivity (Wildman–Crippen MR) is 222 cm³/mol. The molecule has 0 unspecified atom stereocenters. The number of rotatable bonds is 5. The van der Waals surface area contributed by atoms with Gasteiger partial charge in [-0.1, -0.05) is 65.2 Å². The first-order valence-electron chi connectivity index (χ1n) is 20.9. The van der Waals surface area contributed by atoms with E-state index in [2.05, 4.69) is 5.32 Å². The lowest BCUT2D eigenvalue weighted by molar-refractivity contribution is -0.160. The number of hydrogen-bond donors (Lipinski definition) is 3. The van der Waals surface area contributed by atoms with E-state index < -0.39 is 95.0 Å². The van der Waals surface area contributed by atoms with Gasteiger partial charge in [-0.3, -0.25) is 28.8 Å². The number of hydrogen-bond acceptors (Lipinski definition) is 14. The Kier molecular flexibility index (Phi) is 14.5. The lowest BCUT2D eigenvalue weighted by atomic mass is 9.78. The maximum absolute atomic E-state index is 14.8. The molecular formula is C46H60N2O13. The Morgan fingerprint density at radius 2 is 1.54 bits per heavy atom. The van der Waals surface area contributed by atoms with Gasteiger partial charge in [0.2, 0.25) is 11.6 Å². The Balaban J connectivity index is 1.70. The monoisotopic (exact) mass is 848 g/mol. The van der Waals surface area contributed by atoms with Crippen molar-refractivity contribution in [3.8, 4) is 11.5 Å². The molecule has 6 rings (SSSR count). The number of carbonyl (C=O) groups excluding carboxylic acids is 6. The molecule has 0 saturated heterocycles. The summed E-state index contributed by atoms with van der Waals surface area (Å²) < 4.78 is 29.9. The van der Waals surface area contributed by atoms with Gasteiger partial charge in [0.25, 0.3) is 11.7 Å². The normalized spacial score (nSPS) is 32.2. The van der Waals surface area contributed by atoms with Gasteiger partial charge in [0.15, 0.2) is 0 Å². The van der Waals surface area contributed by atoms with E-state index in [1.165, 1.54) is 72.2 Å². The molecule has 3 N–H and O–H groups in total. The summed E-state index contributed by atoms with van der Waals surface area (Å²) >= 11 is 0. The van der Waals surface area contributed by atoms with Gasteiger partial charge in [-0.05, 0) is 32.8 Å². The first kappa shape index (κ1) is 46.9. The van der Waals surface area contributed by atoms with Crippen molar-refractivity contribution in [2.75, 3.05) is 21.2 Å². The van der Waals surface area contributed by atoms with Gasteiger partial charge in [-0.25, -0.2) is 0 Å². The van der Waals surface area contributed by atoms with Crippen LogP contribution >= 0.6 is 0 Å². The van der Waals surface area contributed by atoms with Gasteiger partial charge in [-0.2, -0.15) is 0 Å². The zero-order valence-electron chi connectivity index (χ0n) is 37.0. The summed E-state index contributed by atoms with van der Waals surface area (Å²) in [6.45, 7) is 12.5. The maximum atomic E-state index is 14.8. The van der Waals surface area contributed by atoms with E-state index in [1.807, 2.05) is 0 Å². The number of amides is 1. The van der Waals surface area contributed by atoms with E-state index >= 15 is 0 Å². The minimum absolute atomic E-state index is 0.0973. The van der Waals surface area contributed by atoms with Crippen LogP contribution in [0.4, 0.5) is 0 Å². The lowest BCUT2D eigenvalue weighted by Gasteiger charge is -2.38. The summed E-state index contributed by atoms with van der Waals surface area (Å²) in [5.74, 6) is -9.87. The number of nitrogens with zero attached hydrogens (tertiary/aromatic N) is 1. The molecule has 0 aromatic heterocycles. The Morgan fingerprint density at radius 1 is 0.885 bits per heavy atom. The number of aliphatic hydroxyl groups excluding tert-OH is 2. The summed E-state index contributed by atoms with van der Waals surface area (Å²) in [6, 6.07) is 0. The van der Waals surface area contributed by atoms with Gasteiger partial charge >= 0.3 is 17.7 Å². The van der Waals surface area contributed by atoms with Crippen molar-refractivity contribution in [3.05, 3.63) is 69.8 Å². The number of ketones is 3. The zero-order chi connectivity index (χ0) is 45.2. The summed E-state index contributed by atoms with van der Waals surface area (Å²) in [5, 5.41) is 25.5. The summed E-state index contributed by atoms with van der Waals surface area (Å²) in [5.41, 5.74) is -1.34. The molecule has 0 radical (unpaired) electrons. The van der Waals surface area contributed by atoms with E-state index in [4.69, 9.17) is 23.7 Å². The molecule has 1 aromatic carbocycles. The molecule has 15 nitrogen and oxygen atoms in total. The molecule has 1 saturated carbocycles. The number of likely N-dealkylation sites (N-methyl/N-ethyl adjacent to an activating group) is 1. The van der Waals surface area contributed by atoms with Crippen molar-refractivity contribution in [2.45, 2.75) is 118 Å². The Labute approximate surface area is 357 Å². The van der Waals surface area contributed by atoms with Crippen molar-refractivity contribution in [1.82, 2.24) is 10.2 Å². The first-order chi connectivity index (χ1) is 28.7. The van der Waals surface area contributed by atoms with Crippen LogP contribution in [0.3, 0.4) is 0 Å². The molecule has 332 valence electrons. The Bertz CT molecular complexity index is 2080. The van der Waals surface area contributed by atoms with E-state index in [0.29, 0.717) is 12.8 Å². The molecule has 15 heteroatoms. The van der Waals surface area contributed by atoms with Crippen molar-refractivity contribution in [1.29, 1.82) is 0 Å². The van der Waals surface area contributed by atoms with E-state index in [9.17, 15) is 39.0 Å². The molecule has 1 aromatic rings. The molecule has 0 spiro atoms. The smallest absolute Gasteiger partial charge is 0.314 e. The topological polar surface area (TPSA) is 204 Å². The zero-order valence-corrected chi connectivity index (χ0v) is 37.0. The Morgan fingerprint density at radius 3 is 2.15 bits per heavy atom. The maximum Gasteiger partial charge on any atom is 0.314 e. The number of benzene rings is 1. The van der Waals surface area contributed by atoms with Crippen LogP contribution in [0.5, 0.6) is 11.5 Å². The molecule has 1 fully saturated rings. The first-order valence-corrected chi connectivity index (χ1v) is 20.9. The van der Waals surface area contributed by atoms with E-state index in [1.54, 1.807) is 39.8 Å². The second kappa shape index (κ2) is 18.9. The van der Waals surface area contributed by atoms with Gasteiger partial charge in [0.1, 0.15) is 29.0 Å². The molecule has 2 aliphatic carbocycles. The van der Waals surface area contributed by atoms with Crippen molar-refractivity contribution >= 4 is 35.2 Å². The van der Waals surface area contributed by atoms with Crippen LogP contribution < -0.4 is 14.8 Å². The van der Waals surface area contributed by atoms with Crippen LogP contribution in [0.1, 0.15) is 117 Å².